The summed E-state index contributed by atoms with van der Waals surface area (Å²) in [5, 5.41) is 8.47. The normalized spacial score (nSPS) is 9.42. The Morgan fingerprint density at radius 2 is 2.33 bits per heavy atom. The van der Waals surface area contributed by atoms with Crippen molar-refractivity contribution < 1.29 is 14.1 Å². The fourth-order valence-electron chi connectivity index (χ4n) is 0.887. The summed E-state index contributed by atoms with van der Waals surface area (Å²) >= 11 is 3.60. The maximum Gasteiger partial charge on any atom is 0.307 e. The molecule has 0 aromatic heterocycles. The van der Waals surface area contributed by atoms with Gasteiger partial charge in [0.2, 0.25) is 0 Å². The number of rotatable bonds is 3. The number of aliphatic carboxylic acids is 1. The van der Waals surface area contributed by atoms with E-state index in [0.717, 1.165) is 0 Å². The first-order chi connectivity index (χ1) is 5.72. The second kappa shape index (κ2) is 4.01. The van der Waals surface area contributed by atoms with Crippen LogP contribution in [0.3, 0.4) is 0 Å². The molecule has 0 unspecified atom stereocenters. The van der Waals surface area contributed by atoms with Gasteiger partial charge in [-0.3, -0.25) is 4.79 Å². The molecule has 0 bridgehead atoms. The summed E-state index contributed by atoms with van der Waals surface area (Å²) in [6.07, 6.45) is 0.00494. The third kappa shape index (κ3) is 2.47. The van der Waals surface area contributed by atoms with Crippen LogP contribution in [0.1, 0.15) is 5.56 Å². The van der Waals surface area contributed by atoms with Gasteiger partial charge >= 0.3 is 5.97 Å². The minimum absolute atomic E-state index is 0.00494. The van der Waals surface area contributed by atoms with E-state index in [4.69, 9.17) is 5.11 Å². The zero-order valence-corrected chi connectivity index (χ0v) is 7.12. The Kier molecular flexibility index (Phi) is 2.99. The van der Waals surface area contributed by atoms with Crippen LogP contribution in [-0.4, -0.2) is 11.1 Å². The molecule has 0 radical (unpaired) electrons. The highest BCUT2D eigenvalue weighted by molar-refractivity contribution is 7.75. The van der Waals surface area contributed by atoms with Crippen molar-refractivity contribution in [2.45, 2.75) is 6.42 Å². The maximum absolute atomic E-state index is 10.3. The Bertz CT molecular complexity index is 285. The van der Waals surface area contributed by atoms with Gasteiger partial charge in [0, 0.05) is 12.9 Å². The van der Waals surface area contributed by atoms with Crippen LogP contribution >= 0.6 is 12.9 Å². The molecule has 0 spiro atoms. The van der Waals surface area contributed by atoms with Crippen molar-refractivity contribution in [3.8, 4) is 5.75 Å². The summed E-state index contributed by atoms with van der Waals surface area (Å²) in [6.45, 7) is 0. The van der Waals surface area contributed by atoms with Gasteiger partial charge in [-0.1, -0.05) is 12.1 Å². The molecule has 4 heteroatoms. The fraction of sp³-hybridized carbons (Fsp3) is 0.125. The van der Waals surface area contributed by atoms with Gasteiger partial charge in [-0.15, -0.1) is 0 Å². The van der Waals surface area contributed by atoms with Gasteiger partial charge in [-0.05, 0) is 17.7 Å². The van der Waals surface area contributed by atoms with Gasteiger partial charge in [0.1, 0.15) is 5.75 Å². The Morgan fingerprint density at radius 1 is 1.58 bits per heavy atom. The van der Waals surface area contributed by atoms with E-state index < -0.39 is 5.97 Å². The van der Waals surface area contributed by atoms with E-state index in [1.165, 1.54) is 0 Å². The van der Waals surface area contributed by atoms with Gasteiger partial charge in [-0.25, -0.2) is 0 Å². The third-order valence-corrected chi connectivity index (χ3v) is 1.57. The van der Waals surface area contributed by atoms with Crippen LogP contribution in [0, 0.1) is 0 Å². The van der Waals surface area contributed by atoms with E-state index in [2.05, 4.69) is 17.1 Å². The number of hydrogen-bond acceptors (Lipinski definition) is 3. The highest BCUT2D eigenvalue weighted by atomic mass is 32.1. The standard InChI is InChI=1S/C8H8O3S/c9-8(10)5-6-2-1-3-7(4-6)11-12/h1-4,12H,5H2,(H,9,10). The summed E-state index contributed by atoms with van der Waals surface area (Å²) < 4.78 is 4.64. The SMILES string of the molecule is O=C(O)Cc1cccc(OS)c1. The second-order valence-electron chi connectivity index (χ2n) is 2.31. The Morgan fingerprint density at radius 3 is 2.92 bits per heavy atom. The average Bonchev–Trinajstić information content (AvgIpc) is 2.03. The first-order valence-corrected chi connectivity index (χ1v) is 3.71. The predicted octanol–water partition coefficient (Wildman–Crippen LogP) is 1.54. The minimum Gasteiger partial charge on any atom is -0.481 e. The molecule has 64 valence electrons. The van der Waals surface area contributed by atoms with Crippen molar-refractivity contribution in [1.29, 1.82) is 0 Å². The first kappa shape index (κ1) is 8.93. The number of carboxylic acid groups (broad SMARTS) is 1. The largest absolute Gasteiger partial charge is 0.481 e. The minimum atomic E-state index is -0.855. The number of carbonyl (C=O) groups is 1. The number of benzene rings is 1. The van der Waals surface area contributed by atoms with Crippen LogP contribution in [0.25, 0.3) is 0 Å². The summed E-state index contributed by atoms with van der Waals surface area (Å²) in [5.74, 6) is -0.302. The smallest absolute Gasteiger partial charge is 0.307 e. The lowest BCUT2D eigenvalue weighted by molar-refractivity contribution is -0.136. The van der Waals surface area contributed by atoms with Crippen molar-refractivity contribution in [3.05, 3.63) is 29.8 Å². The molecule has 0 saturated heterocycles. The topological polar surface area (TPSA) is 46.5 Å². The lowest BCUT2D eigenvalue weighted by Gasteiger charge is -1.99. The van der Waals surface area contributed by atoms with Crippen molar-refractivity contribution in [2.24, 2.45) is 0 Å². The molecule has 1 aromatic carbocycles. The molecule has 3 nitrogen and oxygen atoms in total. The lowest BCUT2D eigenvalue weighted by atomic mass is 10.1. The van der Waals surface area contributed by atoms with E-state index in [1.54, 1.807) is 24.3 Å². The number of carboxylic acids is 1. The summed E-state index contributed by atoms with van der Waals surface area (Å²) in [7, 11) is 0. The van der Waals surface area contributed by atoms with E-state index in [9.17, 15) is 4.79 Å². The predicted molar refractivity (Wildman–Crippen MR) is 47.4 cm³/mol. The second-order valence-corrected chi connectivity index (χ2v) is 2.49. The molecule has 0 saturated carbocycles. The van der Waals surface area contributed by atoms with E-state index in [0.29, 0.717) is 11.3 Å². The molecule has 0 heterocycles. The van der Waals surface area contributed by atoms with Gasteiger partial charge in [0.25, 0.3) is 0 Å². The highest BCUT2D eigenvalue weighted by Gasteiger charge is 2.00. The molecule has 12 heavy (non-hydrogen) atoms. The van der Waals surface area contributed by atoms with Crippen LogP contribution in [-0.2, 0) is 11.2 Å². The van der Waals surface area contributed by atoms with Crippen molar-refractivity contribution >= 4 is 18.9 Å². The zero-order chi connectivity index (χ0) is 8.97. The van der Waals surface area contributed by atoms with Gasteiger partial charge in [0.05, 0.1) is 6.42 Å². The average molecular weight is 184 g/mol. The molecule has 0 fully saturated rings. The molecule has 1 N–H and O–H groups in total. The lowest BCUT2D eigenvalue weighted by Crippen LogP contribution is -1.99. The molecule has 0 atom stereocenters. The zero-order valence-electron chi connectivity index (χ0n) is 6.23. The summed E-state index contributed by atoms with van der Waals surface area (Å²) in [4.78, 5) is 10.3. The first-order valence-electron chi connectivity index (χ1n) is 3.34. The molecular weight excluding hydrogens is 176 g/mol. The van der Waals surface area contributed by atoms with Crippen LogP contribution in [0.5, 0.6) is 5.75 Å². The van der Waals surface area contributed by atoms with Gasteiger partial charge in [-0.2, -0.15) is 0 Å². The molecular formula is C8H8O3S. The molecule has 0 aliphatic carbocycles. The van der Waals surface area contributed by atoms with E-state index in [1.807, 2.05) is 0 Å². The molecule has 1 rings (SSSR count). The van der Waals surface area contributed by atoms with E-state index in [-0.39, 0.29) is 6.42 Å². The fourth-order valence-corrected chi connectivity index (χ4v) is 1.00. The molecule has 0 amide bonds. The van der Waals surface area contributed by atoms with Crippen LogP contribution in [0.4, 0.5) is 0 Å². The highest BCUT2D eigenvalue weighted by Crippen LogP contribution is 2.14. The van der Waals surface area contributed by atoms with Crippen LogP contribution in [0.15, 0.2) is 24.3 Å². The Balaban J connectivity index is 2.79. The van der Waals surface area contributed by atoms with Gasteiger partial charge in [0.15, 0.2) is 0 Å². The molecule has 1 aromatic rings. The maximum atomic E-state index is 10.3. The van der Waals surface area contributed by atoms with E-state index >= 15 is 0 Å². The molecule has 0 aliphatic rings. The quantitative estimate of drug-likeness (QED) is 0.553. The summed E-state index contributed by atoms with van der Waals surface area (Å²) in [6, 6.07) is 6.80. The Hall–Kier alpha value is -1.16. The molecule has 0 aliphatic heterocycles. The number of thiol groups is 1. The van der Waals surface area contributed by atoms with Crippen molar-refractivity contribution in [2.75, 3.05) is 0 Å². The summed E-state index contributed by atoms with van der Waals surface area (Å²) in [5.41, 5.74) is 0.703. The monoisotopic (exact) mass is 184 g/mol. The third-order valence-electron chi connectivity index (χ3n) is 1.36. The van der Waals surface area contributed by atoms with Crippen LogP contribution < -0.4 is 4.18 Å². The van der Waals surface area contributed by atoms with Gasteiger partial charge < -0.3 is 9.29 Å². The number of hydrogen-bond donors (Lipinski definition) is 2. The van der Waals surface area contributed by atoms with Crippen molar-refractivity contribution in [1.82, 2.24) is 0 Å². The Labute approximate surface area is 75.6 Å². The van der Waals surface area contributed by atoms with Crippen LogP contribution in [0.2, 0.25) is 0 Å². The van der Waals surface area contributed by atoms with Crippen molar-refractivity contribution in [3.63, 3.8) is 0 Å².